The third-order valence-corrected chi connectivity index (χ3v) is 4.25. The minimum absolute atomic E-state index is 0.236. The molecule has 0 spiro atoms. The highest BCUT2D eigenvalue weighted by molar-refractivity contribution is 5.80. The quantitative estimate of drug-likeness (QED) is 0.602. The fourth-order valence-electron chi connectivity index (χ4n) is 3.02. The Morgan fingerprint density at radius 2 is 1.77 bits per heavy atom. The summed E-state index contributed by atoms with van der Waals surface area (Å²) in [5, 5.41) is 8.05. The van der Waals surface area contributed by atoms with Crippen LogP contribution in [-0.4, -0.2) is 19.6 Å². The van der Waals surface area contributed by atoms with Gasteiger partial charge in [-0.1, -0.05) is 12.1 Å². The molecule has 26 heavy (non-hydrogen) atoms. The number of nitrogens with one attached hydrogen (secondary N) is 1. The van der Waals surface area contributed by atoms with Crippen molar-refractivity contribution in [2.24, 2.45) is 0 Å². The first-order valence-corrected chi connectivity index (χ1v) is 8.37. The van der Waals surface area contributed by atoms with Crippen molar-refractivity contribution in [3.05, 3.63) is 77.6 Å². The first kappa shape index (κ1) is 16.2. The Morgan fingerprint density at radius 1 is 1.04 bits per heavy atom. The number of pyridine rings is 1. The molecule has 0 aliphatic heterocycles. The highest BCUT2D eigenvalue weighted by atomic mass is 19.1. The molecule has 1 N–H and O–H groups in total. The number of aromatic nitrogens is 4. The Kier molecular flexibility index (Phi) is 4.08. The predicted octanol–water partition coefficient (Wildman–Crippen LogP) is 4.16. The molecule has 0 unspecified atom stereocenters. The van der Waals surface area contributed by atoms with Gasteiger partial charge < -0.3 is 5.32 Å². The number of benzene rings is 1. The van der Waals surface area contributed by atoms with Crippen molar-refractivity contribution in [1.29, 1.82) is 0 Å². The number of rotatable bonds is 4. The number of fused-ring (bicyclic) bond motifs is 1. The maximum absolute atomic E-state index is 13.1. The average Bonchev–Trinajstić information content (AvgIpc) is 2.97. The van der Waals surface area contributed by atoms with E-state index in [1.165, 1.54) is 12.1 Å². The Labute approximate surface area is 150 Å². The topological polar surface area (TPSA) is 55.1 Å². The van der Waals surface area contributed by atoms with E-state index in [0.717, 1.165) is 39.5 Å². The number of nitrogens with zero attached hydrogens (tertiary/aromatic N) is 4. The van der Waals surface area contributed by atoms with Gasteiger partial charge in [-0.05, 0) is 49.2 Å². The smallest absolute Gasteiger partial charge is 0.165 e. The molecule has 130 valence electrons. The number of hydrogen-bond donors (Lipinski definition) is 1. The summed E-state index contributed by atoms with van der Waals surface area (Å²) in [7, 11) is 0. The van der Waals surface area contributed by atoms with Crippen LogP contribution in [0.4, 0.5) is 10.2 Å². The van der Waals surface area contributed by atoms with E-state index in [0.29, 0.717) is 6.54 Å². The minimum atomic E-state index is -0.236. The van der Waals surface area contributed by atoms with Gasteiger partial charge in [0.25, 0.3) is 0 Å². The summed E-state index contributed by atoms with van der Waals surface area (Å²) in [5.74, 6) is 0.612. The molecule has 1 aromatic carbocycles. The lowest BCUT2D eigenvalue weighted by atomic mass is 10.1. The minimum Gasteiger partial charge on any atom is -0.366 e. The van der Waals surface area contributed by atoms with Gasteiger partial charge in [-0.3, -0.25) is 4.98 Å². The first-order valence-electron chi connectivity index (χ1n) is 8.37. The number of anilines is 1. The van der Waals surface area contributed by atoms with E-state index in [1.807, 2.05) is 36.6 Å². The van der Waals surface area contributed by atoms with E-state index in [4.69, 9.17) is 4.98 Å². The van der Waals surface area contributed by atoms with Gasteiger partial charge in [0.15, 0.2) is 5.65 Å². The maximum atomic E-state index is 13.1. The van der Waals surface area contributed by atoms with Crippen LogP contribution in [0.5, 0.6) is 0 Å². The van der Waals surface area contributed by atoms with Crippen LogP contribution in [0.2, 0.25) is 0 Å². The lowest BCUT2D eigenvalue weighted by Gasteiger charge is -2.10. The molecule has 5 nitrogen and oxygen atoms in total. The zero-order chi connectivity index (χ0) is 18.1. The van der Waals surface area contributed by atoms with Crippen molar-refractivity contribution in [1.82, 2.24) is 19.6 Å². The van der Waals surface area contributed by atoms with Gasteiger partial charge in [0.05, 0.1) is 5.69 Å². The van der Waals surface area contributed by atoms with Crippen LogP contribution in [0.15, 0.2) is 54.9 Å². The zero-order valence-electron chi connectivity index (χ0n) is 14.6. The van der Waals surface area contributed by atoms with Gasteiger partial charge in [-0.25, -0.2) is 9.37 Å². The Hall–Kier alpha value is -3.28. The van der Waals surface area contributed by atoms with E-state index in [1.54, 1.807) is 24.5 Å². The maximum Gasteiger partial charge on any atom is 0.165 e. The van der Waals surface area contributed by atoms with Gasteiger partial charge in [0.1, 0.15) is 11.6 Å². The van der Waals surface area contributed by atoms with Crippen LogP contribution in [0.1, 0.15) is 17.0 Å². The molecule has 0 bridgehead atoms. The van der Waals surface area contributed by atoms with Crippen molar-refractivity contribution >= 4 is 11.5 Å². The summed E-state index contributed by atoms with van der Waals surface area (Å²) in [6, 6.07) is 12.3. The molecule has 4 aromatic rings. The summed E-state index contributed by atoms with van der Waals surface area (Å²) in [4.78, 5) is 8.77. The van der Waals surface area contributed by atoms with Gasteiger partial charge in [0, 0.05) is 36.3 Å². The van der Waals surface area contributed by atoms with Crippen LogP contribution in [-0.2, 0) is 6.54 Å². The van der Waals surface area contributed by atoms with Crippen molar-refractivity contribution in [2.75, 3.05) is 5.32 Å². The molecular formula is C20H18FN5. The molecule has 0 aliphatic rings. The average molecular weight is 347 g/mol. The van der Waals surface area contributed by atoms with Crippen LogP contribution in [0.25, 0.3) is 16.8 Å². The number of aryl methyl sites for hydroxylation is 2. The molecule has 0 radical (unpaired) electrons. The summed E-state index contributed by atoms with van der Waals surface area (Å²) in [6.07, 6.45) is 3.53. The lowest BCUT2D eigenvalue weighted by molar-refractivity contribution is 0.627. The van der Waals surface area contributed by atoms with Crippen LogP contribution in [0.3, 0.4) is 0 Å². The largest absolute Gasteiger partial charge is 0.366 e. The molecule has 0 atom stereocenters. The van der Waals surface area contributed by atoms with E-state index in [2.05, 4.69) is 15.4 Å². The van der Waals surface area contributed by atoms with Gasteiger partial charge in [-0.15, -0.1) is 0 Å². The Bertz CT molecular complexity index is 1060. The van der Waals surface area contributed by atoms with E-state index in [9.17, 15) is 4.39 Å². The summed E-state index contributed by atoms with van der Waals surface area (Å²) in [5.41, 5.74) is 5.63. The van der Waals surface area contributed by atoms with Crippen molar-refractivity contribution in [3.8, 4) is 11.1 Å². The van der Waals surface area contributed by atoms with Crippen molar-refractivity contribution in [3.63, 3.8) is 0 Å². The number of halogens is 1. The third kappa shape index (κ3) is 3.01. The molecule has 6 heteroatoms. The lowest BCUT2D eigenvalue weighted by Crippen LogP contribution is -2.07. The molecule has 0 fully saturated rings. The van der Waals surface area contributed by atoms with Crippen LogP contribution < -0.4 is 5.32 Å². The predicted molar refractivity (Wildman–Crippen MR) is 99.4 cm³/mol. The van der Waals surface area contributed by atoms with Gasteiger partial charge >= 0.3 is 0 Å². The van der Waals surface area contributed by atoms with E-state index >= 15 is 0 Å². The second-order valence-electron chi connectivity index (χ2n) is 6.19. The second-order valence-corrected chi connectivity index (χ2v) is 6.19. The fourth-order valence-corrected chi connectivity index (χ4v) is 3.02. The van der Waals surface area contributed by atoms with Gasteiger partial charge in [0.2, 0.25) is 0 Å². The fraction of sp³-hybridized carbons (Fsp3) is 0.150. The second kappa shape index (κ2) is 6.55. The molecule has 0 aliphatic carbocycles. The monoisotopic (exact) mass is 347 g/mol. The molecule has 0 saturated heterocycles. The van der Waals surface area contributed by atoms with Crippen LogP contribution >= 0.6 is 0 Å². The van der Waals surface area contributed by atoms with E-state index < -0.39 is 0 Å². The molecule has 0 amide bonds. The molecule has 0 saturated carbocycles. The summed E-state index contributed by atoms with van der Waals surface area (Å²) >= 11 is 0. The summed E-state index contributed by atoms with van der Waals surface area (Å²) < 4.78 is 14.9. The molecule has 3 aromatic heterocycles. The van der Waals surface area contributed by atoms with Crippen LogP contribution in [0, 0.1) is 19.7 Å². The Balaban J connectivity index is 1.75. The molecular weight excluding hydrogens is 329 g/mol. The normalized spacial score (nSPS) is 11.0. The highest BCUT2D eigenvalue weighted by Gasteiger charge is 2.15. The van der Waals surface area contributed by atoms with Crippen molar-refractivity contribution < 1.29 is 4.39 Å². The summed E-state index contributed by atoms with van der Waals surface area (Å²) in [6.45, 7) is 4.51. The van der Waals surface area contributed by atoms with Gasteiger partial charge in [-0.2, -0.15) is 9.61 Å². The first-order chi connectivity index (χ1) is 12.6. The third-order valence-electron chi connectivity index (χ3n) is 4.25. The highest BCUT2D eigenvalue weighted by Crippen LogP contribution is 2.28. The Morgan fingerprint density at radius 3 is 2.50 bits per heavy atom. The number of hydrogen-bond acceptors (Lipinski definition) is 4. The standard InChI is InChI=1S/C20H18FN5/c1-13-11-18(23-12-15-3-5-17(21)6-4-15)26-20(24-13)19(14(2)25-26)16-7-9-22-10-8-16/h3-11,23H,12H2,1-2H3. The van der Waals surface area contributed by atoms with E-state index in [-0.39, 0.29) is 5.82 Å². The molecule has 3 heterocycles. The SMILES string of the molecule is Cc1cc(NCc2ccc(F)cc2)n2nc(C)c(-c3ccncc3)c2n1. The zero-order valence-corrected chi connectivity index (χ0v) is 14.6. The molecule has 4 rings (SSSR count). The van der Waals surface area contributed by atoms with Crippen molar-refractivity contribution in [2.45, 2.75) is 20.4 Å².